The molecule has 4 heteroatoms. The van der Waals surface area contributed by atoms with Gasteiger partial charge in [0.15, 0.2) is 5.78 Å². The molecule has 0 fully saturated rings. The van der Waals surface area contributed by atoms with Crippen molar-refractivity contribution in [1.29, 1.82) is 0 Å². The van der Waals surface area contributed by atoms with Crippen LogP contribution in [0, 0.1) is 0 Å². The molecule has 1 aliphatic heterocycles. The lowest BCUT2D eigenvalue weighted by Crippen LogP contribution is -2.30. The fourth-order valence-corrected chi connectivity index (χ4v) is 3.73. The number of rotatable bonds is 5. The van der Waals surface area contributed by atoms with Crippen LogP contribution in [0.2, 0.25) is 0 Å². The van der Waals surface area contributed by atoms with E-state index in [1.54, 1.807) is 7.11 Å². The molecule has 1 aliphatic rings. The lowest BCUT2D eigenvalue weighted by atomic mass is 9.79. The van der Waals surface area contributed by atoms with Crippen LogP contribution in [0.15, 0.2) is 78.5 Å². The molecule has 134 valence electrons. The first-order valence-corrected chi connectivity index (χ1v) is 8.79. The SMILES string of the molecule is COc1ccc(C2C(C=O)=Cc3cccn3C2C(=O)c2ccccc2)cc1. The number of carbonyl (C=O) groups is 2. The van der Waals surface area contributed by atoms with Gasteiger partial charge in [-0.2, -0.15) is 0 Å². The first-order chi connectivity index (χ1) is 13.2. The van der Waals surface area contributed by atoms with E-state index in [2.05, 4.69) is 0 Å². The second kappa shape index (κ2) is 7.08. The molecule has 0 bridgehead atoms. The molecule has 2 unspecified atom stereocenters. The van der Waals surface area contributed by atoms with E-state index in [-0.39, 0.29) is 11.7 Å². The Balaban J connectivity index is 1.86. The van der Waals surface area contributed by atoms with Gasteiger partial charge in [-0.05, 0) is 35.9 Å². The highest BCUT2D eigenvalue weighted by molar-refractivity contribution is 6.02. The van der Waals surface area contributed by atoms with Gasteiger partial charge in [0.1, 0.15) is 18.1 Å². The quantitative estimate of drug-likeness (QED) is 0.505. The Kier molecular flexibility index (Phi) is 4.47. The molecule has 2 heterocycles. The molecule has 2 aromatic carbocycles. The fourth-order valence-electron chi connectivity index (χ4n) is 3.73. The molecule has 0 saturated heterocycles. The van der Waals surface area contributed by atoms with Gasteiger partial charge in [0.05, 0.1) is 7.11 Å². The predicted octanol–water partition coefficient (Wildman–Crippen LogP) is 4.30. The Morgan fingerprint density at radius 2 is 1.74 bits per heavy atom. The second-order valence-corrected chi connectivity index (χ2v) is 6.53. The van der Waals surface area contributed by atoms with E-state index in [0.717, 1.165) is 23.3 Å². The van der Waals surface area contributed by atoms with Crippen LogP contribution in [0.1, 0.15) is 33.6 Å². The second-order valence-electron chi connectivity index (χ2n) is 6.53. The number of aldehydes is 1. The molecular weight excluding hydrogens is 338 g/mol. The number of hydrogen-bond acceptors (Lipinski definition) is 3. The van der Waals surface area contributed by atoms with Crippen molar-refractivity contribution in [3.63, 3.8) is 0 Å². The third kappa shape index (κ3) is 2.99. The minimum absolute atomic E-state index is 0.0127. The molecule has 0 spiro atoms. The third-order valence-corrected chi connectivity index (χ3v) is 5.04. The van der Waals surface area contributed by atoms with Crippen LogP contribution in [-0.2, 0) is 4.79 Å². The number of allylic oxidation sites excluding steroid dienone is 1. The third-order valence-electron chi connectivity index (χ3n) is 5.04. The number of fused-ring (bicyclic) bond motifs is 1. The molecule has 0 radical (unpaired) electrons. The summed E-state index contributed by atoms with van der Waals surface area (Å²) >= 11 is 0. The van der Waals surface area contributed by atoms with E-state index in [4.69, 9.17) is 4.74 Å². The van der Waals surface area contributed by atoms with E-state index < -0.39 is 6.04 Å². The van der Waals surface area contributed by atoms with Crippen LogP contribution in [0.5, 0.6) is 5.75 Å². The summed E-state index contributed by atoms with van der Waals surface area (Å²) in [5.74, 6) is 0.362. The summed E-state index contributed by atoms with van der Waals surface area (Å²) in [4.78, 5) is 25.3. The number of hydrogen-bond donors (Lipinski definition) is 0. The minimum atomic E-state index is -0.518. The van der Waals surface area contributed by atoms with Crippen molar-refractivity contribution in [1.82, 2.24) is 4.57 Å². The molecule has 4 rings (SSSR count). The molecule has 27 heavy (non-hydrogen) atoms. The number of benzene rings is 2. The van der Waals surface area contributed by atoms with Crippen molar-refractivity contribution in [3.05, 3.63) is 95.3 Å². The lowest BCUT2D eigenvalue weighted by Gasteiger charge is -2.33. The Morgan fingerprint density at radius 3 is 2.41 bits per heavy atom. The van der Waals surface area contributed by atoms with Gasteiger partial charge in [-0.25, -0.2) is 0 Å². The highest BCUT2D eigenvalue weighted by atomic mass is 16.5. The summed E-state index contributed by atoms with van der Waals surface area (Å²) in [6.45, 7) is 0. The summed E-state index contributed by atoms with van der Waals surface area (Å²) in [5, 5.41) is 0. The Bertz CT molecular complexity index is 1000. The van der Waals surface area contributed by atoms with Crippen molar-refractivity contribution < 1.29 is 14.3 Å². The van der Waals surface area contributed by atoms with Gasteiger partial charge in [-0.3, -0.25) is 9.59 Å². The number of nitrogens with zero attached hydrogens (tertiary/aromatic N) is 1. The Hall–Kier alpha value is -3.40. The van der Waals surface area contributed by atoms with Gasteiger partial charge in [-0.15, -0.1) is 0 Å². The monoisotopic (exact) mass is 357 g/mol. The molecular formula is C23H19NO3. The van der Waals surface area contributed by atoms with Gasteiger partial charge < -0.3 is 9.30 Å². The van der Waals surface area contributed by atoms with Gasteiger partial charge in [0.2, 0.25) is 0 Å². The van der Waals surface area contributed by atoms with Crippen LogP contribution in [0.4, 0.5) is 0 Å². The molecule has 0 aliphatic carbocycles. The maximum absolute atomic E-state index is 13.4. The van der Waals surface area contributed by atoms with E-state index in [1.807, 2.05) is 83.6 Å². The zero-order valence-corrected chi connectivity index (χ0v) is 14.9. The van der Waals surface area contributed by atoms with Gasteiger partial charge >= 0.3 is 0 Å². The maximum Gasteiger partial charge on any atom is 0.186 e. The van der Waals surface area contributed by atoms with E-state index in [9.17, 15) is 9.59 Å². The maximum atomic E-state index is 13.4. The van der Waals surface area contributed by atoms with E-state index in [0.29, 0.717) is 11.1 Å². The zero-order valence-electron chi connectivity index (χ0n) is 14.9. The highest BCUT2D eigenvalue weighted by Crippen LogP contribution is 2.42. The molecule has 3 aromatic rings. The average Bonchev–Trinajstić information content (AvgIpc) is 3.21. The summed E-state index contributed by atoms with van der Waals surface area (Å²) in [5.41, 5.74) is 2.99. The Morgan fingerprint density at radius 1 is 1.00 bits per heavy atom. The largest absolute Gasteiger partial charge is 0.497 e. The standard InChI is InChI=1S/C23H19NO3/c1-27-20-11-9-16(10-12-20)21-18(15-25)14-19-8-5-13-24(19)22(21)23(26)17-6-3-2-4-7-17/h2-15,21-22H,1H3. The minimum Gasteiger partial charge on any atom is -0.497 e. The summed E-state index contributed by atoms with van der Waals surface area (Å²) < 4.78 is 7.20. The molecule has 4 nitrogen and oxygen atoms in total. The molecule has 1 aromatic heterocycles. The Labute approximate surface area is 157 Å². The topological polar surface area (TPSA) is 48.3 Å². The van der Waals surface area contributed by atoms with Crippen molar-refractivity contribution >= 4 is 18.1 Å². The van der Waals surface area contributed by atoms with Crippen LogP contribution in [-0.4, -0.2) is 23.7 Å². The molecule has 2 atom stereocenters. The lowest BCUT2D eigenvalue weighted by molar-refractivity contribution is -0.105. The molecule has 0 N–H and O–H groups in total. The highest BCUT2D eigenvalue weighted by Gasteiger charge is 2.37. The number of ether oxygens (including phenoxy) is 1. The van der Waals surface area contributed by atoms with Crippen LogP contribution >= 0.6 is 0 Å². The fraction of sp³-hybridized carbons (Fsp3) is 0.130. The average molecular weight is 357 g/mol. The molecule has 0 amide bonds. The smallest absolute Gasteiger partial charge is 0.186 e. The first kappa shape index (κ1) is 17.0. The number of ketones is 1. The summed E-state index contributed by atoms with van der Waals surface area (Å²) in [6.07, 6.45) is 4.61. The van der Waals surface area contributed by atoms with Crippen molar-refractivity contribution in [3.8, 4) is 5.75 Å². The number of aromatic nitrogens is 1. The first-order valence-electron chi connectivity index (χ1n) is 8.79. The number of Topliss-reactive ketones (excluding diaryl/α,β-unsaturated/α-hetero) is 1. The van der Waals surface area contributed by atoms with E-state index in [1.165, 1.54) is 0 Å². The van der Waals surface area contributed by atoms with Crippen LogP contribution < -0.4 is 4.74 Å². The van der Waals surface area contributed by atoms with Crippen molar-refractivity contribution in [2.45, 2.75) is 12.0 Å². The van der Waals surface area contributed by atoms with Gasteiger partial charge in [-0.1, -0.05) is 42.5 Å². The van der Waals surface area contributed by atoms with Crippen LogP contribution in [0.25, 0.3) is 6.08 Å². The van der Waals surface area contributed by atoms with Gasteiger partial charge in [0.25, 0.3) is 0 Å². The van der Waals surface area contributed by atoms with Crippen LogP contribution in [0.3, 0.4) is 0 Å². The van der Waals surface area contributed by atoms with E-state index >= 15 is 0 Å². The summed E-state index contributed by atoms with van der Waals surface area (Å²) in [7, 11) is 1.61. The molecule has 0 saturated carbocycles. The van der Waals surface area contributed by atoms with Crippen molar-refractivity contribution in [2.24, 2.45) is 0 Å². The van der Waals surface area contributed by atoms with Gasteiger partial charge in [0, 0.05) is 28.9 Å². The zero-order chi connectivity index (χ0) is 18.8. The van der Waals surface area contributed by atoms with Crippen molar-refractivity contribution in [2.75, 3.05) is 7.11 Å². The number of methoxy groups -OCH3 is 1. The predicted molar refractivity (Wildman–Crippen MR) is 104 cm³/mol. The normalized spacial score (nSPS) is 18.3. The number of carbonyl (C=O) groups excluding carboxylic acids is 2. The summed E-state index contributed by atoms with van der Waals surface area (Å²) in [6, 6.07) is 20.1.